The van der Waals surface area contributed by atoms with Gasteiger partial charge in [0.15, 0.2) is 0 Å². The Hall–Kier alpha value is -2.57. The molecule has 2 aromatic rings. The van der Waals surface area contributed by atoms with E-state index < -0.39 is 23.1 Å². The minimum Gasteiger partial charge on any atom is -0.341 e. The highest BCUT2D eigenvalue weighted by molar-refractivity contribution is 6.05. The zero-order valence-corrected chi connectivity index (χ0v) is 13.6. The molecule has 3 rings (SSSR count). The van der Waals surface area contributed by atoms with Gasteiger partial charge in [-0.05, 0) is 38.8 Å². The number of nitrogens with zero attached hydrogens (tertiary/aromatic N) is 3. The van der Waals surface area contributed by atoms with Crippen LogP contribution in [0.5, 0.6) is 0 Å². The highest BCUT2D eigenvalue weighted by Gasteiger charge is 2.21. The van der Waals surface area contributed by atoms with Crippen LogP contribution in [0.25, 0.3) is 0 Å². The maximum absolute atomic E-state index is 13.7. The number of benzene rings is 1. The van der Waals surface area contributed by atoms with Crippen LogP contribution >= 0.6 is 0 Å². The van der Waals surface area contributed by atoms with Crippen LogP contribution in [0.4, 0.5) is 20.4 Å². The van der Waals surface area contributed by atoms with E-state index in [0.29, 0.717) is 23.0 Å². The van der Waals surface area contributed by atoms with E-state index in [9.17, 15) is 13.6 Å². The first-order chi connectivity index (χ1) is 11.5. The van der Waals surface area contributed by atoms with Crippen molar-refractivity contribution < 1.29 is 13.6 Å². The Morgan fingerprint density at radius 3 is 2.17 bits per heavy atom. The molecule has 0 atom stereocenters. The lowest BCUT2D eigenvalue weighted by Crippen LogP contribution is -2.23. The number of amides is 1. The Labute approximate surface area is 138 Å². The van der Waals surface area contributed by atoms with Gasteiger partial charge in [0, 0.05) is 13.1 Å². The molecule has 1 aromatic carbocycles. The van der Waals surface area contributed by atoms with E-state index in [-0.39, 0.29) is 0 Å². The SMILES string of the molecule is Cc1nc(N2CCCC2)nc(C)c1NC(=O)c1c(F)cccc1F. The molecule has 1 aliphatic rings. The summed E-state index contributed by atoms with van der Waals surface area (Å²) < 4.78 is 27.5. The number of hydrogen-bond acceptors (Lipinski definition) is 4. The third-order valence-corrected chi connectivity index (χ3v) is 4.08. The molecule has 1 saturated heterocycles. The van der Waals surface area contributed by atoms with Gasteiger partial charge < -0.3 is 10.2 Å². The molecule has 1 fully saturated rings. The largest absolute Gasteiger partial charge is 0.341 e. The molecule has 126 valence electrons. The van der Waals surface area contributed by atoms with Crippen molar-refractivity contribution in [3.63, 3.8) is 0 Å². The van der Waals surface area contributed by atoms with Gasteiger partial charge in [-0.1, -0.05) is 6.07 Å². The van der Waals surface area contributed by atoms with E-state index in [1.165, 1.54) is 6.07 Å². The first-order valence-electron chi connectivity index (χ1n) is 7.83. The lowest BCUT2D eigenvalue weighted by atomic mass is 10.1. The summed E-state index contributed by atoms with van der Waals surface area (Å²) in [6.45, 7) is 5.29. The Morgan fingerprint density at radius 2 is 1.62 bits per heavy atom. The number of carbonyl (C=O) groups is 1. The summed E-state index contributed by atoms with van der Waals surface area (Å²) in [6, 6.07) is 3.31. The van der Waals surface area contributed by atoms with Gasteiger partial charge in [0.05, 0.1) is 17.1 Å². The van der Waals surface area contributed by atoms with E-state index in [1.807, 2.05) is 0 Å². The van der Waals surface area contributed by atoms with Crippen LogP contribution in [-0.4, -0.2) is 29.0 Å². The maximum atomic E-state index is 13.7. The summed E-state index contributed by atoms with van der Waals surface area (Å²) in [5.41, 5.74) is 0.898. The smallest absolute Gasteiger partial charge is 0.261 e. The molecule has 24 heavy (non-hydrogen) atoms. The molecule has 1 aromatic heterocycles. The second kappa shape index (κ2) is 6.51. The summed E-state index contributed by atoms with van der Waals surface area (Å²) in [7, 11) is 0. The molecular formula is C17H18F2N4O. The quantitative estimate of drug-likeness (QED) is 0.937. The number of nitrogens with one attached hydrogen (secondary N) is 1. The first-order valence-corrected chi connectivity index (χ1v) is 7.83. The molecule has 0 saturated carbocycles. The fourth-order valence-electron chi connectivity index (χ4n) is 2.83. The number of carbonyl (C=O) groups excluding carboxylic acids is 1. The van der Waals surface area contributed by atoms with Gasteiger partial charge in [-0.2, -0.15) is 0 Å². The topological polar surface area (TPSA) is 58.1 Å². The van der Waals surface area contributed by atoms with Crippen LogP contribution < -0.4 is 10.2 Å². The zero-order valence-electron chi connectivity index (χ0n) is 13.6. The van der Waals surface area contributed by atoms with Gasteiger partial charge in [0.2, 0.25) is 5.95 Å². The van der Waals surface area contributed by atoms with Crippen molar-refractivity contribution in [2.24, 2.45) is 0 Å². The van der Waals surface area contributed by atoms with Gasteiger partial charge in [0.25, 0.3) is 5.91 Å². The van der Waals surface area contributed by atoms with Crippen LogP contribution in [0.1, 0.15) is 34.6 Å². The minimum atomic E-state index is -0.905. The summed E-state index contributed by atoms with van der Waals surface area (Å²) in [5, 5.41) is 2.53. The number of anilines is 2. The summed E-state index contributed by atoms with van der Waals surface area (Å²) in [5.74, 6) is -2.04. The van der Waals surface area contributed by atoms with Crippen molar-refractivity contribution in [3.8, 4) is 0 Å². The maximum Gasteiger partial charge on any atom is 0.261 e. The standard InChI is InChI=1S/C17H18F2N4O/c1-10-15(11(2)21-17(20-10)23-8-3-4-9-23)22-16(24)14-12(18)6-5-7-13(14)19/h5-7H,3-4,8-9H2,1-2H3,(H,22,24). The lowest BCUT2D eigenvalue weighted by molar-refractivity contribution is 0.101. The molecule has 1 aliphatic heterocycles. The fraction of sp³-hybridized carbons (Fsp3) is 0.353. The van der Waals surface area contributed by atoms with E-state index in [1.54, 1.807) is 13.8 Å². The van der Waals surface area contributed by atoms with Crippen molar-refractivity contribution in [2.75, 3.05) is 23.3 Å². The summed E-state index contributed by atoms with van der Waals surface area (Å²) >= 11 is 0. The van der Waals surface area contributed by atoms with Crippen molar-refractivity contribution in [2.45, 2.75) is 26.7 Å². The monoisotopic (exact) mass is 332 g/mol. The molecule has 0 aliphatic carbocycles. The average molecular weight is 332 g/mol. The van der Waals surface area contributed by atoms with E-state index in [2.05, 4.69) is 20.2 Å². The summed E-state index contributed by atoms with van der Waals surface area (Å²) in [6.07, 6.45) is 2.21. The minimum absolute atomic E-state index is 0.380. The van der Waals surface area contributed by atoms with Crippen LogP contribution in [-0.2, 0) is 0 Å². The van der Waals surface area contributed by atoms with Crippen molar-refractivity contribution in [1.29, 1.82) is 0 Å². The highest BCUT2D eigenvalue weighted by atomic mass is 19.1. The van der Waals surface area contributed by atoms with Gasteiger partial charge in [0.1, 0.15) is 17.2 Å². The van der Waals surface area contributed by atoms with Crippen molar-refractivity contribution in [3.05, 3.63) is 46.8 Å². The average Bonchev–Trinajstić information content (AvgIpc) is 3.05. The van der Waals surface area contributed by atoms with Crippen molar-refractivity contribution in [1.82, 2.24) is 9.97 Å². The van der Waals surface area contributed by atoms with Gasteiger partial charge in [-0.3, -0.25) is 4.79 Å². The second-order valence-electron chi connectivity index (χ2n) is 5.81. The number of aryl methyl sites for hydroxylation is 2. The predicted molar refractivity (Wildman–Crippen MR) is 87.3 cm³/mol. The molecule has 1 N–H and O–H groups in total. The lowest BCUT2D eigenvalue weighted by Gasteiger charge is -2.18. The van der Waals surface area contributed by atoms with Crippen LogP contribution in [0.15, 0.2) is 18.2 Å². The van der Waals surface area contributed by atoms with Crippen LogP contribution in [0.3, 0.4) is 0 Å². The Bertz CT molecular complexity index is 745. The molecule has 2 heterocycles. The zero-order chi connectivity index (χ0) is 17.3. The van der Waals surface area contributed by atoms with Crippen molar-refractivity contribution >= 4 is 17.5 Å². The molecule has 0 radical (unpaired) electrons. The number of rotatable bonds is 3. The normalized spacial score (nSPS) is 14.1. The molecule has 0 unspecified atom stereocenters. The Balaban J connectivity index is 1.88. The molecule has 0 bridgehead atoms. The fourth-order valence-corrected chi connectivity index (χ4v) is 2.83. The molecular weight excluding hydrogens is 314 g/mol. The van der Waals surface area contributed by atoms with Gasteiger partial charge in [-0.15, -0.1) is 0 Å². The van der Waals surface area contributed by atoms with E-state index >= 15 is 0 Å². The molecule has 0 spiro atoms. The van der Waals surface area contributed by atoms with Gasteiger partial charge >= 0.3 is 0 Å². The number of halogens is 2. The Kier molecular flexibility index (Phi) is 4.42. The molecule has 1 amide bonds. The number of hydrogen-bond donors (Lipinski definition) is 1. The van der Waals surface area contributed by atoms with E-state index in [4.69, 9.17) is 0 Å². The third kappa shape index (κ3) is 3.06. The third-order valence-electron chi connectivity index (χ3n) is 4.08. The van der Waals surface area contributed by atoms with Crippen LogP contribution in [0, 0.1) is 25.5 Å². The van der Waals surface area contributed by atoms with E-state index in [0.717, 1.165) is 38.1 Å². The van der Waals surface area contributed by atoms with Crippen LogP contribution in [0.2, 0.25) is 0 Å². The Morgan fingerprint density at radius 1 is 1.08 bits per heavy atom. The number of aromatic nitrogens is 2. The molecule has 5 nitrogen and oxygen atoms in total. The molecule has 7 heteroatoms. The second-order valence-corrected chi connectivity index (χ2v) is 5.81. The first kappa shape index (κ1) is 16.3. The van der Waals surface area contributed by atoms with Gasteiger partial charge in [-0.25, -0.2) is 18.7 Å². The predicted octanol–water partition coefficient (Wildman–Crippen LogP) is 3.22. The summed E-state index contributed by atoms with van der Waals surface area (Å²) in [4.78, 5) is 23.2. The highest BCUT2D eigenvalue weighted by Crippen LogP contribution is 2.24.